The van der Waals surface area contributed by atoms with Gasteiger partial charge in [0.15, 0.2) is 18.1 Å². The summed E-state index contributed by atoms with van der Waals surface area (Å²) in [6.45, 7) is 1.43. The highest BCUT2D eigenvalue weighted by Crippen LogP contribution is 2.40. The maximum absolute atomic E-state index is 13.4. The number of ether oxygens (including phenoxy) is 2. The first-order valence-corrected chi connectivity index (χ1v) is 11.8. The van der Waals surface area contributed by atoms with E-state index in [2.05, 4.69) is 20.8 Å². The number of halogens is 2. The number of anilines is 2. The third-order valence-electron chi connectivity index (χ3n) is 5.32. The number of nitrogens with zero attached hydrogens (tertiary/aromatic N) is 2. The van der Waals surface area contributed by atoms with Crippen molar-refractivity contribution in [1.82, 2.24) is 0 Å². The maximum atomic E-state index is 13.4. The highest BCUT2D eigenvalue weighted by Gasteiger charge is 2.25. The predicted molar refractivity (Wildman–Crippen MR) is 135 cm³/mol. The monoisotopic (exact) mass is 544 g/mol. The zero-order chi connectivity index (χ0) is 24.1. The van der Waals surface area contributed by atoms with Crippen LogP contribution in [0.5, 0.6) is 11.5 Å². The minimum Gasteiger partial charge on any atom is -0.486 e. The summed E-state index contributed by atoms with van der Waals surface area (Å²) in [7, 11) is 0. The fourth-order valence-electron chi connectivity index (χ4n) is 3.75. The van der Waals surface area contributed by atoms with E-state index in [0.29, 0.717) is 54.0 Å². The van der Waals surface area contributed by atoms with Gasteiger partial charge in [-0.15, -0.1) is 0 Å². The van der Waals surface area contributed by atoms with Crippen molar-refractivity contribution in [1.29, 1.82) is 0 Å². The van der Waals surface area contributed by atoms with E-state index in [1.165, 1.54) is 0 Å². The molecular weight excluding hydrogens is 524 g/mol. The number of hydrogen-bond acceptors (Lipinski definition) is 5. The molecule has 3 aromatic carbocycles. The number of hydrogen-bond donors (Lipinski definition) is 1. The van der Waals surface area contributed by atoms with Gasteiger partial charge in [-0.1, -0.05) is 51.8 Å². The predicted octanol–water partition coefficient (Wildman–Crippen LogP) is 5.11. The van der Waals surface area contributed by atoms with Gasteiger partial charge in [-0.25, -0.2) is 4.79 Å². The molecule has 4 rings (SSSR count). The largest absolute Gasteiger partial charge is 0.486 e. The van der Waals surface area contributed by atoms with Crippen LogP contribution in [-0.4, -0.2) is 49.8 Å². The lowest BCUT2D eigenvalue weighted by atomic mass is 10.1. The number of aliphatic carboxylic acids is 1. The fraction of sp³-hybridized carbons (Fsp3) is 0.200. The van der Waals surface area contributed by atoms with E-state index in [0.717, 1.165) is 10.2 Å². The van der Waals surface area contributed by atoms with Gasteiger partial charge in [0.2, 0.25) is 0 Å². The average molecular weight is 546 g/mol. The van der Waals surface area contributed by atoms with E-state index >= 15 is 0 Å². The van der Waals surface area contributed by atoms with Crippen LogP contribution >= 0.6 is 27.5 Å². The zero-order valence-corrected chi connectivity index (χ0v) is 20.5. The van der Waals surface area contributed by atoms with E-state index in [4.69, 9.17) is 26.2 Å². The molecule has 0 aliphatic carbocycles. The van der Waals surface area contributed by atoms with Crippen molar-refractivity contribution < 1.29 is 24.2 Å². The highest BCUT2D eigenvalue weighted by atomic mass is 79.9. The lowest BCUT2D eigenvalue weighted by Gasteiger charge is -2.34. The quantitative estimate of drug-likeness (QED) is 0.424. The van der Waals surface area contributed by atoms with Crippen LogP contribution in [0.15, 0.2) is 71.2 Å². The molecule has 1 N–H and O–H groups in total. The van der Waals surface area contributed by atoms with E-state index in [-0.39, 0.29) is 5.91 Å². The summed E-state index contributed by atoms with van der Waals surface area (Å²) in [5.41, 5.74) is 1.96. The van der Waals surface area contributed by atoms with Gasteiger partial charge in [-0.05, 0) is 42.5 Å². The summed E-state index contributed by atoms with van der Waals surface area (Å²) in [5.74, 6) is -0.348. The number of rotatable bonds is 8. The van der Waals surface area contributed by atoms with Crippen LogP contribution in [0.2, 0.25) is 5.02 Å². The molecule has 7 nitrogen and oxygen atoms in total. The Morgan fingerprint density at radius 3 is 2.65 bits per heavy atom. The van der Waals surface area contributed by atoms with Crippen molar-refractivity contribution in [2.75, 3.05) is 42.6 Å². The summed E-state index contributed by atoms with van der Waals surface area (Å²) in [6, 6.07) is 19.8. The third-order valence-corrected chi connectivity index (χ3v) is 6.11. The molecule has 34 heavy (non-hydrogen) atoms. The Hall–Kier alpha value is -3.23. The van der Waals surface area contributed by atoms with Crippen molar-refractivity contribution in [2.24, 2.45) is 0 Å². The molecule has 0 bridgehead atoms. The van der Waals surface area contributed by atoms with Crippen molar-refractivity contribution >= 4 is 50.8 Å². The second kappa shape index (κ2) is 10.8. The van der Waals surface area contributed by atoms with Crippen LogP contribution in [-0.2, 0) is 4.79 Å². The number of carboxylic acids is 1. The van der Waals surface area contributed by atoms with Crippen LogP contribution in [0.4, 0.5) is 11.4 Å². The molecule has 0 unspecified atom stereocenters. The summed E-state index contributed by atoms with van der Waals surface area (Å²) >= 11 is 9.93. The Morgan fingerprint density at radius 2 is 1.91 bits per heavy atom. The zero-order valence-electron chi connectivity index (χ0n) is 18.1. The second-order valence-corrected chi connectivity index (χ2v) is 8.86. The third kappa shape index (κ3) is 5.46. The van der Waals surface area contributed by atoms with Crippen LogP contribution in [0, 0.1) is 0 Å². The van der Waals surface area contributed by atoms with E-state index in [1.807, 2.05) is 36.4 Å². The van der Waals surface area contributed by atoms with E-state index in [9.17, 15) is 9.59 Å². The molecule has 0 atom stereocenters. The van der Waals surface area contributed by atoms with Crippen molar-refractivity contribution in [3.63, 3.8) is 0 Å². The number of carbonyl (C=O) groups excluding carboxylic acids is 1. The SMILES string of the molecule is O=C(O)COc1cccc2c1OCCN2CCN(C(=O)c1ccccc1)c1ccc(Br)cc1Cl. The Kier molecular flexibility index (Phi) is 7.59. The molecule has 0 aromatic heterocycles. The number of para-hydroxylation sites is 1. The van der Waals surface area contributed by atoms with Crippen LogP contribution in [0.3, 0.4) is 0 Å². The lowest BCUT2D eigenvalue weighted by molar-refractivity contribution is -0.139. The number of benzene rings is 3. The highest BCUT2D eigenvalue weighted by molar-refractivity contribution is 9.10. The number of fused-ring (bicyclic) bond motifs is 1. The molecule has 0 saturated carbocycles. The van der Waals surface area contributed by atoms with Crippen molar-refractivity contribution in [3.05, 3.63) is 81.8 Å². The maximum Gasteiger partial charge on any atom is 0.341 e. The van der Waals surface area contributed by atoms with Gasteiger partial charge in [-0.3, -0.25) is 4.79 Å². The molecule has 0 radical (unpaired) electrons. The van der Waals surface area contributed by atoms with Crippen LogP contribution in [0.25, 0.3) is 0 Å². The molecule has 3 aromatic rings. The summed E-state index contributed by atoms with van der Waals surface area (Å²) in [4.78, 5) is 28.1. The van der Waals surface area contributed by atoms with Gasteiger partial charge >= 0.3 is 5.97 Å². The van der Waals surface area contributed by atoms with Crippen molar-refractivity contribution in [3.8, 4) is 11.5 Å². The number of carbonyl (C=O) groups is 2. The first kappa shape index (κ1) is 23.9. The Balaban J connectivity index is 1.60. The van der Waals surface area contributed by atoms with E-state index < -0.39 is 12.6 Å². The minimum absolute atomic E-state index is 0.156. The Labute approximate surface area is 210 Å². The van der Waals surface area contributed by atoms with Gasteiger partial charge in [0.25, 0.3) is 5.91 Å². The van der Waals surface area contributed by atoms with E-state index in [1.54, 1.807) is 35.2 Å². The standard InChI is InChI=1S/C25H22BrClN2O5/c26-18-9-10-20(19(27)15-18)29(25(32)17-5-2-1-3-6-17)12-11-28-13-14-33-24-21(28)7-4-8-22(24)34-16-23(30)31/h1-10,15H,11-14,16H2,(H,30,31). The Morgan fingerprint density at radius 1 is 1.12 bits per heavy atom. The number of carboxylic acid groups (broad SMARTS) is 1. The molecule has 0 spiro atoms. The molecule has 0 saturated heterocycles. The normalized spacial score (nSPS) is 12.5. The molecule has 1 aliphatic rings. The molecule has 1 aliphatic heterocycles. The van der Waals surface area contributed by atoms with Crippen molar-refractivity contribution in [2.45, 2.75) is 0 Å². The lowest BCUT2D eigenvalue weighted by Crippen LogP contribution is -2.42. The summed E-state index contributed by atoms with van der Waals surface area (Å²) in [6.07, 6.45) is 0. The molecule has 1 amide bonds. The van der Waals surface area contributed by atoms with Gasteiger partial charge in [0, 0.05) is 23.1 Å². The van der Waals surface area contributed by atoms with Gasteiger partial charge in [-0.2, -0.15) is 0 Å². The summed E-state index contributed by atoms with van der Waals surface area (Å²) < 4.78 is 12.0. The first-order valence-electron chi connectivity index (χ1n) is 10.6. The first-order chi connectivity index (χ1) is 16.4. The molecule has 0 fully saturated rings. The Bertz CT molecular complexity index is 1190. The molecule has 9 heteroatoms. The average Bonchev–Trinajstić information content (AvgIpc) is 2.84. The second-order valence-electron chi connectivity index (χ2n) is 7.54. The van der Waals surface area contributed by atoms with Crippen LogP contribution < -0.4 is 19.3 Å². The molecule has 176 valence electrons. The topological polar surface area (TPSA) is 79.3 Å². The van der Waals surface area contributed by atoms with Gasteiger partial charge < -0.3 is 24.4 Å². The molecule has 1 heterocycles. The fourth-order valence-corrected chi connectivity index (χ4v) is 4.53. The smallest absolute Gasteiger partial charge is 0.341 e. The van der Waals surface area contributed by atoms with Gasteiger partial charge in [0.1, 0.15) is 6.61 Å². The minimum atomic E-state index is -1.06. The summed E-state index contributed by atoms with van der Waals surface area (Å²) in [5, 5.41) is 9.41. The number of amides is 1. The van der Waals surface area contributed by atoms with Crippen LogP contribution in [0.1, 0.15) is 10.4 Å². The van der Waals surface area contributed by atoms with Gasteiger partial charge in [0.05, 0.1) is 22.9 Å². The molecular formula is C25H22BrClN2O5.